The molecule has 1 aliphatic rings. The molecule has 0 saturated carbocycles. The topological polar surface area (TPSA) is 111 Å². The van der Waals surface area contributed by atoms with E-state index in [0.29, 0.717) is 52.3 Å². The summed E-state index contributed by atoms with van der Waals surface area (Å²) in [5.41, 5.74) is 4.19. The highest BCUT2D eigenvalue weighted by molar-refractivity contribution is 6.19. The van der Waals surface area contributed by atoms with Gasteiger partial charge in [-0.05, 0) is 43.9 Å². The third kappa shape index (κ3) is 5.15. The highest BCUT2D eigenvalue weighted by Gasteiger charge is 2.36. The standard InChI is InChI=1S/C30H32ClN3O7/c1-30(2,3)40-29(36)33-41-22-13-21-24(19-10-8-7-9-18(19)22)17(14-31)15-34(21)28(35)20-11-16-12-23(37-4)26(38-5)27(39-6)25(16)32-20/h7-13,17,32H,14-15H2,1-6H3,(H,33,36). The Hall–Kier alpha value is -4.31. The molecule has 2 heterocycles. The second-order valence-corrected chi connectivity index (χ2v) is 10.9. The van der Waals surface area contributed by atoms with Crippen LogP contribution in [0.1, 0.15) is 42.7 Å². The van der Waals surface area contributed by atoms with Crippen molar-refractivity contribution in [1.29, 1.82) is 0 Å². The number of anilines is 1. The molecule has 2 N–H and O–H groups in total. The highest BCUT2D eigenvalue weighted by Crippen LogP contribution is 2.47. The van der Waals surface area contributed by atoms with Crippen molar-refractivity contribution in [2.45, 2.75) is 32.3 Å². The SMILES string of the molecule is COc1cc2cc(C(=O)N3CC(CCl)c4c3cc(ONC(=O)OC(C)(C)C)c3ccccc43)[nH]c2c(OC)c1OC. The molecule has 1 unspecified atom stereocenters. The third-order valence-corrected chi connectivity index (χ3v) is 7.23. The number of ether oxygens (including phenoxy) is 4. The number of alkyl halides is 1. The van der Waals surface area contributed by atoms with Gasteiger partial charge in [-0.3, -0.25) is 4.79 Å². The zero-order valence-corrected chi connectivity index (χ0v) is 24.5. The molecule has 1 aromatic heterocycles. The van der Waals surface area contributed by atoms with E-state index >= 15 is 0 Å². The predicted octanol–water partition coefficient (Wildman–Crippen LogP) is 6.15. The van der Waals surface area contributed by atoms with Crippen LogP contribution < -0.4 is 29.4 Å². The number of nitrogens with one attached hydrogen (secondary N) is 2. The number of amides is 2. The molecule has 216 valence electrons. The van der Waals surface area contributed by atoms with Crippen LogP contribution >= 0.6 is 11.6 Å². The van der Waals surface area contributed by atoms with Crippen molar-refractivity contribution < 1.29 is 33.4 Å². The molecular weight excluding hydrogens is 550 g/mol. The monoisotopic (exact) mass is 581 g/mol. The Bertz CT molecular complexity index is 1640. The fourth-order valence-electron chi connectivity index (χ4n) is 5.22. The number of H-pyrrole nitrogens is 1. The van der Waals surface area contributed by atoms with E-state index in [1.165, 1.54) is 21.3 Å². The van der Waals surface area contributed by atoms with Crippen LogP contribution in [0.2, 0.25) is 0 Å². The summed E-state index contributed by atoms with van der Waals surface area (Å²) in [6.07, 6.45) is -0.730. The lowest BCUT2D eigenvalue weighted by Crippen LogP contribution is -2.34. The van der Waals surface area contributed by atoms with Crippen LogP contribution in [0.4, 0.5) is 10.5 Å². The Kier molecular flexibility index (Phi) is 7.52. The molecule has 0 radical (unpaired) electrons. The van der Waals surface area contributed by atoms with Crippen LogP contribution in [0.3, 0.4) is 0 Å². The Morgan fingerprint density at radius 2 is 1.71 bits per heavy atom. The van der Waals surface area contributed by atoms with Gasteiger partial charge in [0.05, 0.1) is 32.5 Å². The first-order valence-corrected chi connectivity index (χ1v) is 13.5. The van der Waals surface area contributed by atoms with Gasteiger partial charge in [-0.25, -0.2) is 4.79 Å². The van der Waals surface area contributed by atoms with Crippen LogP contribution in [0.5, 0.6) is 23.0 Å². The number of carbonyl (C=O) groups excluding carboxylic acids is 2. The van der Waals surface area contributed by atoms with Gasteiger partial charge in [-0.15, -0.1) is 11.6 Å². The van der Waals surface area contributed by atoms with E-state index < -0.39 is 11.7 Å². The van der Waals surface area contributed by atoms with Crippen LogP contribution in [0.15, 0.2) is 42.5 Å². The Balaban J connectivity index is 1.57. The van der Waals surface area contributed by atoms with Crippen molar-refractivity contribution in [3.8, 4) is 23.0 Å². The summed E-state index contributed by atoms with van der Waals surface area (Å²) in [5.74, 6) is 1.62. The number of fused-ring (bicyclic) bond motifs is 4. The van der Waals surface area contributed by atoms with Crippen molar-refractivity contribution >= 4 is 51.0 Å². The zero-order chi connectivity index (χ0) is 29.5. The van der Waals surface area contributed by atoms with E-state index in [4.69, 9.17) is 35.4 Å². The molecule has 0 spiro atoms. The normalized spacial score (nSPS) is 14.6. The van der Waals surface area contributed by atoms with E-state index in [1.54, 1.807) is 43.9 Å². The van der Waals surface area contributed by atoms with Gasteiger partial charge >= 0.3 is 6.09 Å². The fourth-order valence-corrected chi connectivity index (χ4v) is 5.47. The second kappa shape index (κ2) is 10.9. The molecule has 0 saturated heterocycles. The van der Waals surface area contributed by atoms with Crippen molar-refractivity contribution in [3.05, 3.63) is 53.7 Å². The van der Waals surface area contributed by atoms with Gasteiger partial charge in [0.2, 0.25) is 5.75 Å². The van der Waals surface area contributed by atoms with Gasteiger partial charge in [0.1, 0.15) is 11.3 Å². The minimum Gasteiger partial charge on any atom is -0.493 e. The number of methoxy groups -OCH3 is 3. The number of nitrogens with zero attached hydrogens (tertiary/aromatic N) is 1. The number of aromatic nitrogens is 1. The largest absolute Gasteiger partial charge is 0.493 e. The number of rotatable bonds is 7. The maximum absolute atomic E-state index is 14.0. The predicted molar refractivity (Wildman–Crippen MR) is 157 cm³/mol. The van der Waals surface area contributed by atoms with E-state index in [1.807, 2.05) is 24.3 Å². The summed E-state index contributed by atoms with van der Waals surface area (Å²) in [4.78, 5) is 37.0. The molecule has 41 heavy (non-hydrogen) atoms. The lowest BCUT2D eigenvalue weighted by Gasteiger charge is -2.21. The number of hydrogen-bond donors (Lipinski definition) is 2. The number of aromatic amines is 1. The number of hydroxylamine groups is 1. The Labute approximate surface area is 242 Å². The van der Waals surface area contributed by atoms with Crippen molar-refractivity contribution in [1.82, 2.24) is 10.5 Å². The molecule has 0 bridgehead atoms. The van der Waals surface area contributed by atoms with Crippen LogP contribution in [-0.2, 0) is 4.74 Å². The van der Waals surface area contributed by atoms with Crippen LogP contribution in [-0.4, -0.2) is 56.3 Å². The molecule has 1 atom stereocenters. The first kappa shape index (κ1) is 28.2. The lowest BCUT2D eigenvalue weighted by atomic mass is 9.95. The maximum Gasteiger partial charge on any atom is 0.441 e. The van der Waals surface area contributed by atoms with Gasteiger partial charge in [0.25, 0.3) is 5.91 Å². The number of halogens is 1. The van der Waals surface area contributed by atoms with Gasteiger partial charge in [0, 0.05) is 35.2 Å². The smallest absolute Gasteiger partial charge is 0.441 e. The summed E-state index contributed by atoms with van der Waals surface area (Å²) in [6, 6.07) is 12.9. The van der Waals surface area contributed by atoms with Gasteiger partial charge in [-0.2, -0.15) is 5.48 Å². The first-order valence-electron chi connectivity index (χ1n) is 13.0. The molecular formula is C30H32ClN3O7. The summed E-state index contributed by atoms with van der Waals surface area (Å²) in [7, 11) is 4.59. The summed E-state index contributed by atoms with van der Waals surface area (Å²) >= 11 is 6.43. The minimum absolute atomic E-state index is 0.118. The Morgan fingerprint density at radius 3 is 2.34 bits per heavy atom. The Morgan fingerprint density at radius 1 is 1.00 bits per heavy atom. The first-order chi connectivity index (χ1) is 19.6. The number of hydrogen-bond acceptors (Lipinski definition) is 7. The fraction of sp³-hybridized carbons (Fsp3) is 0.333. The van der Waals surface area contributed by atoms with E-state index in [0.717, 1.165) is 21.7 Å². The number of benzene rings is 3. The van der Waals surface area contributed by atoms with Gasteiger partial charge in [0.15, 0.2) is 17.2 Å². The van der Waals surface area contributed by atoms with Crippen molar-refractivity contribution in [2.24, 2.45) is 0 Å². The summed E-state index contributed by atoms with van der Waals surface area (Å²) < 4.78 is 21.9. The average molecular weight is 582 g/mol. The molecule has 3 aromatic carbocycles. The maximum atomic E-state index is 14.0. The van der Waals surface area contributed by atoms with Gasteiger partial charge in [-0.1, -0.05) is 24.3 Å². The third-order valence-electron chi connectivity index (χ3n) is 6.85. The minimum atomic E-state index is -0.730. The second-order valence-electron chi connectivity index (χ2n) is 10.6. The van der Waals surface area contributed by atoms with E-state index in [-0.39, 0.29) is 11.8 Å². The average Bonchev–Trinajstić information content (AvgIpc) is 3.55. The van der Waals surface area contributed by atoms with Crippen LogP contribution in [0, 0.1) is 0 Å². The lowest BCUT2D eigenvalue weighted by molar-refractivity contribution is 0.0290. The van der Waals surface area contributed by atoms with E-state index in [2.05, 4.69) is 10.5 Å². The van der Waals surface area contributed by atoms with Crippen molar-refractivity contribution in [2.75, 3.05) is 38.7 Å². The summed E-state index contributed by atoms with van der Waals surface area (Å²) in [6.45, 7) is 5.65. The molecule has 11 heteroatoms. The quantitative estimate of drug-likeness (QED) is 0.199. The zero-order valence-electron chi connectivity index (χ0n) is 23.7. The molecule has 4 aromatic rings. The number of carbonyl (C=O) groups is 2. The molecule has 10 nitrogen and oxygen atoms in total. The van der Waals surface area contributed by atoms with Crippen LogP contribution in [0.25, 0.3) is 21.7 Å². The molecule has 5 rings (SSSR count). The molecule has 0 aliphatic carbocycles. The molecule has 0 fully saturated rings. The highest BCUT2D eigenvalue weighted by atomic mass is 35.5. The van der Waals surface area contributed by atoms with Gasteiger partial charge < -0.3 is 33.7 Å². The molecule has 2 amide bonds. The molecule has 1 aliphatic heterocycles. The van der Waals surface area contributed by atoms with Crippen molar-refractivity contribution in [3.63, 3.8) is 0 Å². The van der Waals surface area contributed by atoms with E-state index in [9.17, 15) is 9.59 Å². The summed E-state index contributed by atoms with van der Waals surface area (Å²) in [5, 5.41) is 2.36.